The highest BCUT2D eigenvalue weighted by Crippen LogP contribution is 2.35. The number of primary sulfonamides is 1. The van der Waals surface area contributed by atoms with Crippen LogP contribution in [-0.2, 0) is 14.8 Å². The van der Waals surface area contributed by atoms with E-state index in [0.717, 1.165) is 0 Å². The van der Waals surface area contributed by atoms with Crippen LogP contribution in [0.2, 0.25) is 10.0 Å². The van der Waals surface area contributed by atoms with Crippen LogP contribution in [0.15, 0.2) is 65.6 Å². The summed E-state index contributed by atoms with van der Waals surface area (Å²) in [5.74, 6) is -0.220. The van der Waals surface area contributed by atoms with E-state index in [0.29, 0.717) is 32.4 Å². The normalized spacial score (nSPS) is 12.3. The van der Waals surface area contributed by atoms with Gasteiger partial charge in [-0.1, -0.05) is 41.4 Å². The monoisotopic (exact) mass is 494 g/mol. The summed E-state index contributed by atoms with van der Waals surface area (Å²) in [6, 6.07) is 15.6. The Balaban J connectivity index is 1.75. The number of sulfonamides is 1. The summed E-state index contributed by atoms with van der Waals surface area (Å²) >= 11 is 12.3. The molecule has 0 aliphatic heterocycles. The largest absolute Gasteiger partial charge is 0.483 e. The number of hydrogen-bond acceptors (Lipinski definition) is 5. The zero-order valence-electron chi connectivity index (χ0n) is 16.9. The Labute approximate surface area is 195 Å². The van der Waals surface area contributed by atoms with E-state index in [4.69, 9.17) is 33.1 Å². The Hall–Kier alpha value is -2.62. The molecule has 1 atom stereocenters. The summed E-state index contributed by atoms with van der Waals surface area (Å²) < 4.78 is 28.5. The van der Waals surface area contributed by atoms with Crippen molar-refractivity contribution in [1.82, 2.24) is 0 Å². The number of aryl methyl sites for hydroxylation is 1. The Morgan fingerprint density at radius 2 is 1.81 bits per heavy atom. The van der Waals surface area contributed by atoms with E-state index < -0.39 is 22.0 Å². The minimum atomic E-state index is -3.84. The summed E-state index contributed by atoms with van der Waals surface area (Å²) in [5.41, 5.74) is 1.76. The Morgan fingerprint density at radius 3 is 2.47 bits per heavy atom. The fraction of sp³-hybridized carbons (Fsp3) is 0.136. The molecule has 3 rings (SSSR count). The van der Waals surface area contributed by atoms with Gasteiger partial charge in [-0.05, 0) is 55.0 Å². The van der Waals surface area contributed by atoms with Crippen molar-refractivity contribution < 1.29 is 23.1 Å². The van der Waals surface area contributed by atoms with Crippen molar-refractivity contribution in [3.8, 4) is 5.75 Å². The topological polar surface area (TPSA) is 119 Å². The van der Waals surface area contributed by atoms with Gasteiger partial charge in [-0.3, -0.25) is 4.79 Å². The van der Waals surface area contributed by atoms with E-state index in [1.54, 1.807) is 49.4 Å². The number of anilines is 1. The first-order chi connectivity index (χ1) is 15.1. The summed E-state index contributed by atoms with van der Waals surface area (Å²) in [6.45, 7) is 1.28. The van der Waals surface area contributed by atoms with Crippen LogP contribution >= 0.6 is 23.2 Å². The van der Waals surface area contributed by atoms with Gasteiger partial charge in [-0.25, -0.2) is 13.6 Å². The number of aliphatic hydroxyl groups excluding tert-OH is 1. The van der Waals surface area contributed by atoms with Gasteiger partial charge in [0.2, 0.25) is 10.0 Å². The molecule has 3 aromatic carbocycles. The summed E-state index contributed by atoms with van der Waals surface area (Å²) in [7, 11) is -3.84. The van der Waals surface area contributed by atoms with Crippen LogP contribution in [0.25, 0.3) is 0 Å². The summed E-state index contributed by atoms with van der Waals surface area (Å²) in [5, 5.41) is 19.4. The zero-order valence-corrected chi connectivity index (χ0v) is 19.2. The third kappa shape index (κ3) is 5.79. The van der Waals surface area contributed by atoms with Gasteiger partial charge in [-0.2, -0.15) is 0 Å². The van der Waals surface area contributed by atoms with Gasteiger partial charge in [0, 0.05) is 26.9 Å². The van der Waals surface area contributed by atoms with Crippen LogP contribution in [0.1, 0.15) is 22.8 Å². The highest BCUT2D eigenvalue weighted by atomic mass is 35.5. The number of aliphatic hydroxyl groups is 1. The van der Waals surface area contributed by atoms with Crippen LogP contribution in [-0.4, -0.2) is 26.0 Å². The molecule has 1 amide bonds. The number of carbonyl (C=O) groups is 1. The number of nitrogens with one attached hydrogen (secondary N) is 1. The second kappa shape index (κ2) is 9.89. The van der Waals surface area contributed by atoms with Crippen molar-refractivity contribution in [1.29, 1.82) is 0 Å². The fourth-order valence-electron chi connectivity index (χ4n) is 3.01. The molecule has 0 bridgehead atoms. The smallest absolute Gasteiger partial charge is 0.262 e. The molecule has 0 spiro atoms. The predicted molar refractivity (Wildman–Crippen MR) is 124 cm³/mol. The highest BCUT2D eigenvalue weighted by Gasteiger charge is 2.19. The lowest BCUT2D eigenvalue weighted by Gasteiger charge is -2.18. The number of nitrogens with two attached hydrogens (primary N) is 1. The average Bonchev–Trinajstić information content (AvgIpc) is 2.73. The first kappa shape index (κ1) is 24.0. The lowest BCUT2D eigenvalue weighted by molar-refractivity contribution is -0.118. The molecule has 0 heterocycles. The van der Waals surface area contributed by atoms with E-state index in [9.17, 15) is 18.3 Å². The molecule has 4 N–H and O–H groups in total. The first-order valence-corrected chi connectivity index (χ1v) is 11.6. The maximum atomic E-state index is 12.4. The van der Waals surface area contributed by atoms with Crippen molar-refractivity contribution in [2.24, 2.45) is 5.14 Å². The van der Waals surface area contributed by atoms with Crippen LogP contribution < -0.4 is 15.2 Å². The van der Waals surface area contributed by atoms with Gasteiger partial charge >= 0.3 is 0 Å². The molecular weight excluding hydrogens is 475 g/mol. The number of rotatable bonds is 7. The Morgan fingerprint density at radius 1 is 1.09 bits per heavy atom. The molecule has 32 heavy (non-hydrogen) atoms. The third-order valence-electron chi connectivity index (χ3n) is 4.63. The minimum absolute atomic E-state index is 0.0522. The van der Waals surface area contributed by atoms with Crippen molar-refractivity contribution in [2.75, 3.05) is 11.9 Å². The first-order valence-electron chi connectivity index (χ1n) is 9.34. The van der Waals surface area contributed by atoms with E-state index in [1.807, 2.05) is 0 Å². The van der Waals surface area contributed by atoms with Gasteiger partial charge in [0.05, 0.1) is 4.90 Å². The van der Waals surface area contributed by atoms with Gasteiger partial charge in [0.1, 0.15) is 11.9 Å². The SMILES string of the molecule is Cc1cc(S(N)(=O)=O)ccc1NC(=O)COc1ccc(Cl)cc1C(O)c1ccccc1Cl. The molecule has 10 heteroatoms. The van der Waals surface area contributed by atoms with E-state index in [2.05, 4.69) is 5.32 Å². The number of ether oxygens (including phenoxy) is 1. The number of halogens is 2. The lowest BCUT2D eigenvalue weighted by atomic mass is 10.0. The average molecular weight is 495 g/mol. The number of benzene rings is 3. The molecule has 0 aliphatic rings. The molecule has 0 radical (unpaired) electrons. The molecule has 1 unspecified atom stereocenters. The second-order valence-electron chi connectivity index (χ2n) is 6.96. The molecule has 0 saturated heterocycles. The third-order valence-corrected chi connectivity index (χ3v) is 6.12. The maximum absolute atomic E-state index is 12.4. The van der Waals surface area contributed by atoms with Crippen molar-refractivity contribution in [3.63, 3.8) is 0 Å². The lowest BCUT2D eigenvalue weighted by Crippen LogP contribution is -2.21. The van der Waals surface area contributed by atoms with Gasteiger partial charge in [0.15, 0.2) is 6.61 Å². The standard InChI is InChI=1S/C22H20Cl2N2O5S/c1-13-10-15(32(25,29)30)7-8-19(13)26-21(27)12-31-20-9-6-14(23)11-17(20)22(28)16-4-2-3-5-18(16)24/h2-11,22,28H,12H2,1H3,(H,26,27)(H2,25,29,30). The fourth-order valence-corrected chi connectivity index (χ4v) is 4.03. The van der Waals surface area contributed by atoms with Crippen LogP contribution in [0.3, 0.4) is 0 Å². The molecule has 168 valence electrons. The van der Waals surface area contributed by atoms with Crippen LogP contribution in [0.5, 0.6) is 5.75 Å². The van der Waals surface area contributed by atoms with Crippen LogP contribution in [0.4, 0.5) is 5.69 Å². The molecule has 7 nitrogen and oxygen atoms in total. The number of amides is 1. The van der Waals surface area contributed by atoms with E-state index in [-0.39, 0.29) is 17.3 Å². The van der Waals surface area contributed by atoms with Gasteiger partial charge < -0.3 is 15.2 Å². The Kier molecular flexibility index (Phi) is 7.43. The van der Waals surface area contributed by atoms with Gasteiger partial charge in [-0.15, -0.1) is 0 Å². The molecule has 0 aliphatic carbocycles. The number of carbonyl (C=O) groups excluding carboxylic acids is 1. The zero-order chi connectivity index (χ0) is 23.5. The van der Waals surface area contributed by atoms with E-state index >= 15 is 0 Å². The van der Waals surface area contributed by atoms with Crippen molar-refractivity contribution in [3.05, 3.63) is 87.4 Å². The quantitative estimate of drug-likeness (QED) is 0.457. The van der Waals surface area contributed by atoms with Crippen LogP contribution in [0, 0.1) is 6.92 Å². The van der Waals surface area contributed by atoms with Crippen molar-refractivity contribution in [2.45, 2.75) is 17.9 Å². The highest BCUT2D eigenvalue weighted by molar-refractivity contribution is 7.89. The van der Waals surface area contributed by atoms with Crippen molar-refractivity contribution >= 4 is 44.8 Å². The number of hydrogen-bond donors (Lipinski definition) is 3. The Bertz CT molecular complexity index is 1260. The minimum Gasteiger partial charge on any atom is -0.483 e. The van der Waals surface area contributed by atoms with Gasteiger partial charge in [0.25, 0.3) is 5.91 Å². The summed E-state index contributed by atoms with van der Waals surface area (Å²) in [6.07, 6.45) is -1.12. The molecule has 0 aromatic heterocycles. The molecular formula is C22H20Cl2N2O5S. The second-order valence-corrected chi connectivity index (χ2v) is 9.37. The predicted octanol–water partition coefficient (Wildman–Crippen LogP) is 4.05. The summed E-state index contributed by atoms with van der Waals surface area (Å²) in [4.78, 5) is 12.4. The molecule has 0 saturated carbocycles. The molecule has 3 aromatic rings. The maximum Gasteiger partial charge on any atom is 0.262 e. The molecule has 0 fully saturated rings. The van der Waals surface area contributed by atoms with E-state index in [1.165, 1.54) is 18.2 Å².